The van der Waals surface area contributed by atoms with Crippen LogP contribution in [-0.4, -0.2) is 38.6 Å². The van der Waals surface area contributed by atoms with Crippen molar-refractivity contribution in [2.45, 2.75) is 20.8 Å². The Morgan fingerprint density at radius 1 is 1.17 bits per heavy atom. The summed E-state index contributed by atoms with van der Waals surface area (Å²) in [6.45, 7) is 6.90. The Hall–Kier alpha value is -2.50. The number of carbonyl (C=O) groups is 2. The van der Waals surface area contributed by atoms with Crippen LogP contribution in [0.2, 0.25) is 0 Å². The molecular formula is C18H26N2O4. The third kappa shape index (κ3) is 6.73. The average molecular weight is 334 g/mol. The normalized spacial score (nSPS) is 10.7. The monoisotopic (exact) mass is 334 g/mol. The van der Waals surface area contributed by atoms with E-state index in [2.05, 4.69) is 10.6 Å². The molecule has 6 heteroatoms. The lowest BCUT2D eigenvalue weighted by Gasteiger charge is -2.09. The molecule has 0 aliphatic rings. The fourth-order valence-electron chi connectivity index (χ4n) is 1.87. The first-order valence-corrected chi connectivity index (χ1v) is 8.02. The smallest absolute Gasteiger partial charge is 0.244 e. The number of methoxy groups -OCH3 is 1. The van der Waals surface area contributed by atoms with Gasteiger partial charge in [0.2, 0.25) is 11.8 Å². The van der Waals surface area contributed by atoms with E-state index in [0.717, 1.165) is 5.56 Å². The Kier molecular flexibility index (Phi) is 8.39. The van der Waals surface area contributed by atoms with Crippen LogP contribution in [0.5, 0.6) is 11.5 Å². The molecule has 2 N–H and O–H groups in total. The van der Waals surface area contributed by atoms with E-state index in [1.54, 1.807) is 25.3 Å². The summed E-state index contributed by atoms with van der Waals surface area (Å²) in [5.41, 5.74) is 0.832. The highest BCUT2D eigenvalue weighted by Crippen LogP contribution is 2.28. The standard InChI is InChI=1S/C18H26N2O4/c1-5-24-15-8-6-14(12-16(15)23-4)7-9-17(21)19-10-11-20-18(22)13(2)3/h6-9,12-13H,5,10-11H2,1-4H3,(H,19,21)(H,20,22). The van der Waals surface area contributed by atoms with Crippen molar-refractivity contribution in [2.75, 3.05) is 26.8 Å². The fourth-order valence-corrected chi connectivity index (χ4v) is 1.87. The Morgan fingerprint density at radius 2 is 1.88 bits per heavy atom. The molecule has 0 bridgehead atoms. The second-order valence-corrected chi connectivity index (χ2v) is 5.41. The van der Waals surface area contributed by atoms with Gasteiger partial charge in [-0.25, -0.2) is 0 Å². The molecule has 0 fully saturated rings. The lowest BCUT2D eigenvalue weighted by Crippen LogP contribution is -2.35. The molecule has 2 amide bonds. The van der Waals surface area contributed by atoms with Crippen LogP contribution in [0, 0.1) is 5.92 Å². The topological polar surface area (TPSA) is 76.7 Å². The summed E-state index contributed by atoms with van der Waals surface area (Å²) in [6.07, 6.45) is 3.14. The van der Waals surface area contributed by atoms with E-state index >= 15 is 0 Å². The van der Waals surface area contributed by atoms with E-state index in [1.165, 1.54) is 6.08 Å². The third-order valence-electron chi connectivity index (χ3n) is 3.16. The molecule has 0 heterocycles. The minimum atomic E-state index is -0.221. The van der Waals surface area contributed by atoms with E-state index in [-0.39, 0.29) is 17.7 Å². The van der Waals surface area contributed by atoms with E-state index in [1.807, 2.05) is 26.8 Å². The van der Waals surface area contributed by atoms with Crippen LogP contribution in [-0.2, 0) is 9.59 Å². The maximum absolute atomic E-state index is 11.8. The van der Waals surface area contributed by atoms with Gasteiger partial charge in [0.25, 0.3) is 0 Å². The van der Waals surface area contributed by atoms with Gasteiger partial charge in [-0.15, -0.1) is 0 Å². The van der Waals surface area contributed by atoms with Crippen molar-refractivity contribution in [1.82, 2.24) is 10.6 Å². The van der Waals surface area contributed by atoms with E-state index in [9.17, 15) is 9.59 Å². The summed E-state index contributed by atoms with van der Waals surface area (Å²) in [6, 6.07) is 5.46. The summed E-state index contributed by atoms with van der Waals surface area (Å²) >= 11 is 0. The first kappa shape index (κ1) is 19.5. The summed E-state index contributed by atoms with van der Waals surface area (Å²) in [5.74, 6) is 0.983. The largest absolute Gasteiger partial charge is 0.493 e. The highest BCUT2D eigenvalue weighted by Gasteiger charge is 2.06. The van der Waals surface area contributed by atoms with E-state index in [0.29, 0.717) is 31.2 Å². The van der Waals surface area contributed by atoms with Crippen molar-refractivity contribution in [3.05, 3.63) is 29.8 Å². The maximum atomic E-state index is 11.8. The molecule has 0 saturated heterocycles. The van der Waals surface area contributed by atoms with Gasteiger partial charge in [-0.3, -0.25) is 9.59 Å². The first-order valence-electron chi connectivity index (χ1n) is 8.02. The van der Waals surface area contributed by atoms with Gasteiger partial charge in [-0.2, -0.15) is 0 Å². The van der Waals surface area contributed by atoms with Gasteiger partial charge in [0.1, 0.15) is 0 Å². The van der Waals surface area contributed by atoms with Crippen LogP contribution >= 0.6 is 0 Å². The number of nitrogens with one attached hydrogen (secondary N) is 2. The Labute approximate surface area is 143 Å². The van der Waals surface area contributed by atoms with Crippen LogP contribution in [0.25, 0.3) is 6.08 Å². The van der Waals surface area contributed by atoms with Gasteiger partial charge in [0, 0.05) is 25.1 Å². The molecule has 0 unspecified atom stereocenters. The summed E-state index contributed by atoms with van der Waals surface area (Å²) in [7, 11) is 1.57. The van der Waals surface area contributed by atoms with Gasteiger partial charge < -0.3 is 20.1 Å². The van der Waals surface area contributed by atoms with Crippen LogP contribution in [0.15, 0.2) is 24.3 Å². The average Bonchev–Trinajstić information content (AvgIpc) is 2.57. The molecule has 0 radical (unpaired) electrons. The van der Waals surface area contributed by atoms with Gasteiger partial charge in [0.05, 0.1) is 13.7 Å². The van der Waals surface area contributed by atoms with Crippen LogP contribution in [0.3, 0.4) is 0 Å². The minimum absolute atomic E-state index is 0.0266. The predicted octanol–water partition coefficient (Wildman–Crippen LogP) is 2.00. The highest BCUT2D eigenvalue weighted by atomic mass is 16.5. The molecule has 0 spiro atoms. The molecule has 6 nitrogen and oxygen atoms in total. The predicted molar refractivity (Wildman–Crippen MR) is 94.1 cm³/mol. The molecule has 1 aromatic rings. The van der Waals surface area contributed by atoms with Crippen LogP contribution < -0.4 is 20.1 Å². The molecular weight excluding hydrogens is 308 g/mol. The quantitative estimate of drug-likeness (QED) is 0.535. The number of benzene rings is 1. The SMILES string of the molecule is CCOc1ccc(C=CC(=O)NCCNC(=O)C(C)C)cc1OC. The Balaban J connectivity index is 2.47. The van der Waals surface area contributed by atoms with E-state index < -0.39 is 0 Å². The van der Waals surface area contributed by atoms with Crippen molar-refractivity contribution in [2.24, 2.45) is 5.92 Å². The van der Waals surface area contributed by atoms with E-state index in [4.69, 9.17) is 9.47 Å². The lowest BCUT2D eigenvalue weighted by molar-refractivity contribution is -0.124. The summed E-state index contributed by atoms with van der Waals surface area (Å²) in [4.78, 5) is 23.1. The molecule has 24 heavy (non-hydrogen) atoms. The highest BCUT2D eigenvalue weighted by molar-refractivity contribution is 5.91. The molecule has 0 aromatic heterocycles. The Morgan fingerprint density at radius 3 is 2.50 bits per heavy atom. The first-order chi connectivity index (χ1) is 11.5. The van der Waals surface area contributed by atoms with Gasteiger partial charge in [-0.05, 0) is 30.7 Å². The third-order valence-corrected chi connectivity index (χ3v) is 3.16. The fraction of sp³-hybridized carbons (Fsp3) is 0.444. The minimum Gasteiger partial charge on any atom is -0.493 e. The zero-order valence-corrected chi connectivity index (χ0v) is 14.7. The number of carbonyl (C=O) groups excluding carboxylic acids is 2. The molecule has 132 valence electrons. The maximum Gasteiger partial charge on any atom is 0.244 e. The number of hydrogen-bond donors (Lipinski definition) is 2. The number of amides is 2. The van der Waals surface area contributed by atoms with Gasteiger partial charge >= 0.3 is 0 Å². The van der Waals surface area contributed by atoms with Crippen LogP contribution in [0.1, 0.15) is 26.3 Å². The number of rotatable bonds is 9. The molecule has 0 atom stereocenters. The second kappa shape index (κ2) is 10.3. The van der Waals surface area contributed by atoms with Crippen LogP contribution in [0.4, 0.5) is 0 Å². The van der Waals surface area contributed by atoms with Crippen molar-refractivity contribution < 1.29 is 19.1 Å². The molecule has 0 aliphatic heterocycles. The Bertz CT molecular complexity index is 582. The summed E-state index contributed by atoms with van der Waals surface area (Å²) in [5, 5.41) is 5.45. The van der Waals surface area contributed by atoms with Gasteiger partial charge in [0.15, 0.2) is 11.5 Å². The summed E-state index contributed by atoms with van der Waals surface area (Å²) < 4.78 is 10.7. The lowest BCUT2D eigenvalue weighted by atomic mass is 10.2. The number of hydrogen-bond acceptors (Lipinski definition) is 4. The number of ether oxygens (including phenoxy) is 2. The van der Waals surface area contributed by atoms with Gasteiger partial charge in [-0.1, -0.05) is 19.9 Å². The van der Waals surface area contributed by atoms with Crippen molar-refractivity contribution in [1.29, 1.82) is 0 Å². The van der Waals surface area contributed by atoms with Crippen molar-refractivity contribution in [3.63, 3.8) is 0 Å². The zero-order chi connectivity index (χ0) is 17.9. The molecule has 1 rings (SSSR count). The molecule has 0 saturated carbocycles. The zero-order valence-electron chi connectivity index (χ0n) is 14.7. The second-order valence-electron chi connectivity index (χ2n) is 5.41. The van der Waals surface area contributed by atoms with Crippen molar-refractivity contribution in [3.8, 4) is 11.5 Å². The molecule has 1 aromatic carbocycles. The molecule has 0 aliphatic carbocycles. The van der Waals surface area contributed by atoms with Crippen molar-refractivity contribution >= 4 is 17.9 Å².